The van der Waals surface area contributed by atoms with Crippen molar-refractivity contribution in [3.05, 3.63) is 95.4 Å². The second-order valence-corrected chi connectivity index (χ2v) is 10.8. The zero-order chi connectivity index (χ0) is 26.5. The van der Waals surface area contributed by atoms with E-state index in [1.54, 1.807) is 54.6 Å². The van der Waals surface area contributed by atoms with Crippen LogP contribution in [0.15, 0.2) is 59.5 Å². The molecule has 1 saturated heterocycles. The monoisotopic (exact) mass is 664 g/mol. The van der Waals surface area contributed by atoms with Crippen molar-refractivity contribution < 1.29 is 19.1 Å². The largest absolute Gasteiger partial charge is 0.490 e. The maximum atomic E-state index is 13.1. The van der Waals surface area contributed by atoms with Crippen molar-refractivity contribution in [2.75, 3.05) is 6.61 Å². The van der Waals surface area contributed by atoms with Gasteiger partial charge < -0.3 is 9.47 Å². The Morgan fingerprint density at radius 2 is 1.86 bits per heavy atom. The first-order valence-corrected chi connectivity index (χ1v) is 13.7. The molecule has 0 bridgehead atoms. The Labute approximate surface area is 242 Å². The molecule has 0 saturated carbocycles. The fourth-order valence-corrected chi connectivity index (χ4v) is 5.67. The van der Waals surface area contributed by atoms with Crippen LogP contribution in [0.5, 0.6) is 11.5 Å². The molecular weight excluding hydrogens is 646 g/mol. The molecule has 0 N–H and O–H groups in total. The SMILES string of the molecule is CCOc1cc(/C=C2/SC(=O)N(Cc3ccccc3C#N)C2=O)cc(I)c1OCc1ccc(Cl)cc1Cl. The lowest BCUT2D eigenvalue weighted by Gasteiger charge is -2.15. The van der Waals surface area contributed by atoms with Crippen molar-refractivity contribution in [2.24, 2.45) is 0 Å². The highest BCUT2D eigenvalue weighted by atomic mass is 127. The fraction of sp³-hybridized carbons (Fsp3) is 0.148. The summed E-state index contributed by atoms with van der Waals surface area (Å²) in [5, 5.41) is 9.99. The van der Waals surface area contributed by atoms with Crippen LogP contribution < -0.4 is 9.47 Å². The van der Waals surface area contributed by atoms with Crippen LogP contribution in [0.3, 0.4) is 0 Å². The Balaban J connectivity index is 1.57. The lowest BCUT2D eigenvalue weighted by Crippen LogP contribution is -2.27. The molecule has 1 heterocycles. The van der Waals surface area contributed by atoms with Crippen molar-refractivity contribution in [2.45, 2.75) is 20.1 Å². The van der Waals surface area contributed by atoms with Gasteiger partial charge in [-0.3, -0.25) is 14.5 Å². The molecule has 37 heavy (non-hydrogen) atoms. The molecule has 0 radical (unpaired) electrons. The van der Waals surface area contributed by atoms with Crippen LogP contribution in [-0.4, -0.2) is 22.7 Å². The molecule has 1 fully saturated rings. The smallest absolute Gasteiger partial charge is 0.293 e. The average Bonchev–Trinajstić information content (AvgIpc) is 3.12. The number of nitrogens with zero attached hydrogens (tertiary/aromatic N) is 2. The van der Waals surface area contributed by atoms with E-state index in [4.69, 9.17) is 32.7 Å². The van der Waals surface area contributed by atoms with E-state index in [-0.39, 0.29) is 18.4 Å². The number of nitriles is 1. The first-order valence-electron chi connectivity index (χ1n) is 11.1. The molecule has 0 unspecified atom stereocenters. The third-order valence-corrected chi connectivity index (χ3v) is 7.65. The van der Waals surface area contributed by atoms with Gasteiger partial charge in [-0.15, -0.1) is 0 Å². The summed E-state index contributed by atoms with van der Waals surface area (Å²) in [7, 11) is 0. The number of benzene rings is 3. The number of ether oxygens (including phenoxy) is 2. The summed E-state index contributed by atoms with van der Waals surface area (Å²) in [4.78, 5) is 27.1. The summed E-state index contributed by atoms with van der Waals surface area (Å²) in [5.74, 6) is 0.646. The minimum absolute atomic E-state index is 0.0352. The molecule has 188 valence electrons. The number of carbonyl (C=O) groups excluding carboxylic acids is 2. The number of hydrogen-bond donors (Lipinski definition) is 0. The molecule has 0 atom stereocenters. The van der Waals surface area contributed by atoms with Crippen LogP contribution in [0, 0.1) is 14.9 Å². The topological polar surface area (TPSA) is 79.6 Å². The summed E-state index contributed by atoms with van der Waals surface area (Å²) in [5.41, 5.74) is 2.51. The summed E-state index contributed by atoms with van der Waals surface area (Å²) >= 11 is 15.3. The van der Waals surface area contributed by atoms with Gasteiger partial charge in [0.25, 0.3) is 11.1 Å². The Hall–Kier alpha value is -2.71. The van der Waals surface area contributed by atoms with Gasteiger partial charge in [-0.2, -0.15) is 5.26 Å². The van der Waals surface area contributed by atoms with Crippen molar-refractivity contribution in [3.63, 3.8) is 0 Å². The highest BCUT2D eigenvalue weighted by molar-refractivity contribution is 14.1. The average molecular weight is 665 g/mol. The third-order valence-electron chi connectivity index (χ3n) is 5.36. The standard InChI is InChI=1S/C27H19Cl2IN2O4S/c1-2-35-23-10-16(9-22(30)25(23)36-15-19-7-8-20(28)12-21(19)29)11-24-26(33)32(27(34)37-24)14-18-6-4-3-5-17(18)13-31/h3-12H,2,14-15H2,1H3/b24-11+. The van der Waals surface area contributed by atoms with Crippen LogP contribution in [-0.2, 0) is 17.9 Å². The first-order chi connectivity index (χ1) is 17.8. The number of imide groups is 1. The summed E-state index contributed by atoms with van der Waals surface area (Å²) in [6.45, 7) is 2.53. The molecule has 0 aliphatic carbocycles. The van der Waals surface area contributed by atoms with E-state index in [2.05, 4.69) is 28.7 Å². The quantitative estimate of drug-likeness (QED) is 0.182. The van der Waals surface area contributed by atoms with Crippen LogP contribution in [0.25, 0.3) is 6.08 Å². The number of hydrogen-bond acceptors (Lipinski definition) is 6. The maximum Gasteiger partial charge on any atom is 0.293 e. The molecule has 3 aromatic rings. The second-order valence-electron chi connectivity index (χ2n) is 7.82. The predicted octanol–water partition coefficient (Wildman–Crippen LogP) is 7.68. The Bertz CT molecular complexity index is 1450. The number of amides is 2. The van der Waals surface area contributed by atoms with Crippen molar-refractivity contribution >= 4 is 74.8 Å². The van der Waals surface area contributed by atoms with E-state index in [0.717, 1.165) is 25.8 Å². The fourth-order valence-electron chi connectivity index (χ4n) is 3.59. The van der Waals surface area contributed by atoms with Gasteiger partial charge >= 0.3 is 0 Å². The Morgan fingerprint density at radius 1 is 1.08 bits per heavy atom. The third kappa shape index (κ3) is 6.41. The summed E-state index contributed by atoms with van der Waals surface area (Å²) < 4.78 is 12.6. The van der Waals surface area contributed by atoms with Gasteiger partial charge in [0, 0.05) is 15.6 Å². The van der Waals surface area contributed by atoms with E-state index >= 15 is 0 Å². The van der Waals surface area contributed by atoms with E-state index < -0.39 is 5.91 Å². The maximum absolute atomic E-state index is 13.1. The molecule has 3 aromatic carbocycles. The normalized spacial score (nSPS) is 14.2. The number of halogens is 3. The zero-order valence-electron chi connectivity index (χ0n) is 19.5. The zero-order valence-corrected chi connectivity index (χ0v) is 24.0. The van der Waals surface area contributed by atoms with Gasteiger partial charge in [0.05, 0.1) is 33.3 Å². The lowest BCUT2D eigenvalue weighted by molar-refractivity contribution is -0.123. The van der Waals surface area contributed by atoms with Crippen molar-refractivity contribution in [1.29, 1.82) is 5.26 Å². The molecular formula is C27H19Cl2IN2O4S. The molecule has 1 aliphatic heterocycles. The molecule has 2 amide bonds. The van der Waals surface area contributed by atoms with Gasteiger partial charge in [-0.1, -0.05) is 47.5 Å². The van der Waals surface area contributed by atoms with Crippen molar-refractivity contribution in [3.8, 4) is 17.6 Å². The summed E-state index contributed by atoms with van der Waals surface area (Å²) in [6.07, 6.45) is 1.66. The van der Waals surface area contributed by atoms with Gasteiger partial charge in [-0.05, 0) is 88.8 Å². The highest BCUT2D eigenvalue weighted by Gasteiger charge is 2.35. The van der Waals surface area contributed by atoms with E-state index in [9.17, 15) is 14.9 Å². The predicted molar refractivity (Wildman–Crippen MR) is 154 cm³/mol. The van der Waals surface area contributed by atoms with Crippen LogP contribution in [0.2, 0.25) is 10.0 Å². The Morgan fingerprint density at radius 3 is 2.59 bits per heavy atom. The first kappa shape index (κ1) is 27.3. The van der Waals surface area contributed by atoms with E-state index in [1.807, 2.05) is 13.0 Å². The molecule has 1 aliphatic rings. The highest BCUT2D eigenvalue weighted by Crippen LogP contribution is 2.38. The van der Waals surface area contributed by atoms with E-state index in [1.165, 1.54) is 0 Å². The summed E-state index contributed by atoms with van der Waals surface area (Å²) in [6, 6.07) is 17.8. The second kappa shape index (κ2) is 12.2. The minimum Gasteiger partial charge on any atom is -0.490 e. The number of rotatable bonds is 8. The molecule has 4 rings (SSSR count). The Kier molecular flexibility index (Phi) is 9.03. The van der Waals surface area contributed by atoms with Gasteiger partial charge in [-0.25, -0.2) is 0 Å². The van der Waals surface area contributed by atoms with Crippen molar-refractivity contribution in [1.82, 2.24) is 4.90 Å². The molecule has 10 heteroatoms. The van der Waals surface area contributed by atoms with Crippen LogP contribution in [0.1, 0.15) is 29.2 Å². The molecule has 0 aromatic heterocycles. The van der Waals surface area contributed by atoms with Gasteiger partial charge in [0.15, 0.2) is 11.5 Å². The lowest BCUT2D eigenvalue weighted by atomic mass is 10.1. The van der Waals surface area contributed by atoms with Gasteiger partial charge in [0.2, 0.25) is 0 Å². The van der Waals surface area contributed by atoms with E-state index in [0.29, 0.717) is 49.7 Å². The molecule has 0 spiro atoms. The van der Waals surface area contributed by atoms with Crippen LogP contribution in [0.4, 0.5) is 4.79 Å². The minimum atomic E-state index is -0.409. The number of thioether (sulfide) groups is 1. The number of carbonyl (C=O) groups is 2. The van der Waals surface area contributed by atoms with Gasteiger partial charge in [0.1, 0.15) is 6.61 Å². The van der Waals surface area contributed by atoms with Crippen LogP contribution >= 0.6 is 57.6 Å². The molecule has 6 nitrogen and oxygen atoms in total.